The first-order valence-corrected chi connectivity index (χ1v) is 8.38. The average Bonchev–Trinajstić information content (AvgIpc) is 2.69. The summed E-state index contributed by atoms with van der Waals surface area (Å²) in [4.78, 5) is 26.3. The molecule has 6 heteroatoms. The van der Waals surface area contributed by atoms with Gasteiger partial charge in [0.25, 0.3) is 0 Å². The molecule has 0 aliphatic carbocycles. The predicted molar refractivity (Wildman–Crippen MR) is 94.4 cm³/mol. The summed E-state index contributed by atoms with van der Waals surface area (Å²) in [7, 11) is 1.60. The van der Waals surface area contributed by atoms with Gasteiger partial charge in [0, 0.05) is 6.54 Å². The summed E-state index contributed by atoms with van der Waals surface area (Å²) in [5.74, 6) is 0.0463. The Hall–Kier alpha value is -2.86. The van der Waals surface area contributed by atoms with E-state index in [9.17, 15) is 9.59 Å². The lowest BCUT2D eigenvalue weighted by Crippen LogP contribution is -2.53. The van der Waals surface area contributed by atoms with Gasteiger partial charge in [0.05, 0.1) is 13.7 Å². The van der Waals surface area contributed by atoms with Crippen LogP contribution < -0.4 is 4.74 Å². The minimum atomic E-state index is -0.748. The van der Waals surface area contributed by atoms with Gasteiger partial charge in [-0.25, -0.2) is 4.79 Å². The molecular formula is C20H21NO5. The molecule has 3 rings (SSSR count). The number of methoxy groups -OCH3 is 1. The Morgan fingerprint density at radius 2 is 1.85 bits per heavy atom. The second-order valence-corrected chi connectivity index (χ2v) is 5.99. The zero-order valence-corrected chi connectivity index (χ0v) is 14.6. The summed E-state index contributed by atoms with van der Waals surface area (Å²) in [6.45, 7) is 0.589. The molecule has 1 atom stereocenters. The largest absolute Gasteiger partial charge is 0.497 e. The van der Waals surface area contributed by atoms with Crippen LogP contribution in [0.5, 0.6) is 5.75 Å². The van der Waals surface area contributed by atoms with E-state index in [2.05, 4.69) is 0 Å². The van der Waals surface area contributed by atoms with E-state index in [-0.39, 0.29) is 25.7 Å². The first-order valence-electron chi connectivity index (χ1n) is 8.38. The molecule has 1 aliphatic heterocycles. The fourth-order valence-corrected chi connectivity index (χ4v) is 2.75. The lowest BCUT2D eigenvalue weighted by Gasteiger charge is -2.33. The number of morpholine rings is 1. The lowest BCUT2D eigenvalue weighted by molar-refractivity contribution is -0.168. The molecule has 0 radical (unpaired) electrons. The minimum Gasteiger partial charge on any atom is -0.497 e. The quantitative estimate of drug-likeness (QED) is 0.743. The number of rotatable bonds is 6. The molecule has 1 heterocycles. The third kappa shape index (κ3) is 4.40. The van der Waals surface area contributed by atoms with Crippen molar-refractivity contribution in [1.82, 2.24) is 4.90 Å². The minimum absolute atomic E-state index is 0.0291. The van der Waals surface area contributed by atoms with E-state index in [4.69, 9.17) is 14.2 Å². The highest BCUT2D eigenvalue weighted by molar-refractivity contribution is 5.86. The van der Waals surface area contributed by atoms with Crippen molar-refractivity contribution in [2.24, 2.45) is 0 Å². The van der Waals surface area contributed by atoms with E-state index in [1.54, 1.807) is 7.11 Å². The number of carbonyl (C=O) groups excluding carboxylic acids is 2. The van der Waals surface area contributed by atoms with Crippen LogP contribution in [-0.4, -0.2) is 43.1 Å². The Labute approximate surface area is 152 Å². The van der Waals surface area contributed by atoms with Crippen LogP contribution in [0.25, 0.3) is 0 Å². The van der Waals surface area contributed by atoms with Gasteiger partial charge in [0.2, 0.25) is 5.91 Å². The molecule has 0 N–H and O–H groups in total. The number of hydrogen-bond donors (Lipinski definition) is 0. The maximum absolute atomic E-state index is 12.5. The Morgan fingerprint density at radius 3 is 2.54 bits per heavy atom. The topological polar surface area (TPSA) is 65.1 Å². The molecule has 1 amide bonds. The molecule has 1 saturated heterocycles. The van der Waals surface area contributed by atoms with Crippen molar-refractivity contribution in [2.75, 3.05) is 20.3 Å². The maximum Gasteiger partial charge on any atom is 0.331 e. The van der Waals surface area contributed by atoms with Crippen LogP contribution in [0.3, 0.4) is 0 Å². The van der Waals surface area contributed by atoms with Gasteiger partial charge in [-0.1, -0.05) is 42.5 Å². The zero-order valence-electron chi connectivity index (χ0n) is 14.6. The summed E-state index contributed by atoms with van der Waals surface area (Å²) >= 11 is 0. The SMILES string of the molecule is COc1ccc(CN2C(=O)COCC2C(=O)OCc2ccccc2)cc1. The molecule has 2 aromatic rings. The Bertz CT molecular complexity index is 745. The second kappa shape index (κ2) is 8.49. The van der Waals surface area contributed by atoms with Gasteiger partial charge in [-0.15, -0.1) is 0 Å². The average molecular weight is 355 g/mol. The van der Waals surface area contributed by atoms with Crippen LogP contribution >= 0.6 is 0 Å². The van der Waals surface area contributed by atoms with E-state index in [0.717, 1.165) is 16.9 Å². The molecule has 0 aromatic heterocycles. The third-order valence-corrected chi connectivity index (χ3v) is 4.21. The predicted octanol–water partition coefficient (Wildman–Crippen LogP) is 2.17. The number of ether oxygens (including phenoxy) is 3. The van der Waals surface area contributed by atoms with Crippen molar-refractivity contribution in [3.63, 3.8) is 0 Å². The maximum atomic E-state index is 12.5. The molecule has 2 aromatic carbocycles. The van der Waals surface area contributed by atoms with Gasteiger partial charge in [-0.2, -0.15) is 0 Å². The van der Waals surface area contributed by atoms with Crippen LogP contribution in [-0.2, 0) is 32.2 Å². The number of nitrogens with zero attached hydrogens (tertiary/aromatic N) is 1. The number of esters is 1. The van der Waals surface area contributed by atoms with Crippen molar-refractivity contribution in [3.05, 3.63) is 65.7 Å². The van der Waals surface area contributed by atoms with Gasteiger partial charge in [0.15, 0.2) is 6.04 Å². The number of amides is 1. The molecule has 26 heavy (non-hydrogen) atoms. The molecule has 1 fully saturated rings. The van der Waals surface area contributed by atoms with Crippen molar-refractivity contribution in [2.45, 2.75) is 19.2 Å². The highest BCUT2D eigenvalue weighted by atomic mass is 16.5. The number of carbonyl (C=O) groups is 2. The van der Waals surface area contributed by atoms with Gasteiger partial charge < -0.3 is 19.1 Å². The smallest absolute Gasteiger partial charge is 0.331 e. The van der Waals surface area contributed by atoms with E-state index in [1.165, 1.54) is 4.90 Å². The van der Waals surface area contributed by atoms with Gasteiger partial charge in [0.1, 0.15) is 19.0 Å². The highest BCUT2D eigenvalue weighted by Gasteiger charge is 2.35. The molecule has 6 nitrogen and oxygen atoms in total. The first-order chi connectivity index (χ1) is 12.7. The summed E-state index contributed by atoms with van der Waals surface area (Å²) < 4.78 is 15.8. The summed E-state index contributed by atoms with van der Waals surface area (Å²) in [5.41, 5.74) is 1.80. The van der Waals surface area contributed by atoms with Crippen molar-refractivity contribution < 1.29 is 23.8 Å². The summed E-state index contributed by atoms with van der Waals surface area (Å²) in [6, 6.07) is 16.1. The van der Waals surface area contributed by atoms with E-state index in [1.807, 2.05) is 54.6 Å². The van der Waals surface area contributed by atoms with E-state index >= 15 is 0 Å². The summed E-state index contributed by atoms with van der Waals surface area (Å²) in [6.07, 6.45) is 0. The Morgan fingerprint density at radius 1 is 1.12 bits per heavy atom. The molecule has 1 unspecified atom stereocenters. The van der Waals surface area contributed by atoms with Crippen LogP contribution in [0.2, 0.25) is 0 Å². The normalized spacial score (nSPS) is 17.0. The summed E-state index contributed by atoms with van der Waals surface area (Å²) in [5, 5.41) is 0. The number of benzene rings is 2. The fourth-order valence-electron chi connectivity index (χ4n) is 2.75. The Kier molecular flexibility index (Phi) is 5.86. The molecule has 136 valence electrons. The van der Waals surface area contributed by atoms with Crippen LogP contribution in [0.1, 0.15) is 11.1 Å². The number of hydrogen-bond acceptors (Lipinski definition) is 5. The molecular weight excluding hydrogens is 334 g/mol. The fraction of sp³-hybridized carbons (Fsp3) is 0.300. The molecule has 0 bridgehead atoms. The van der Waals surface area contributed by atoms with Gasteiger partial charge in [-0.3, -0.25) is 4.79 Å². The first kappa shape index (κ1) is 17.9. The second-order valence-electron chi connectivity index (χ2n) is 5.99. The van der Waals surface area contributed by atoms with Crippen molar-refractivity contribution in [3.8, 4) is 5.75 Å². The third-order valence-electron chi connectivity index (χ3n) is 4.21. The van der Waals surface area contributed by atoms with Crippen molar-refractivity contribution in [1.29, 1.82) is 0 Å². The lowest BCUT2D eigenvalue weighted by atomic mass is 10.1. The molecule has 0 saturated carbocycles. The van der Waals surface area contributed by atoms with Gasteiger partial charge >= 0.3 is 5.97 Å². The van der Waals surface area contributed by atoms with Gasteiger partial charge in [-0.05, 0) is 23.3 Å². The van der Waals surface area contributed by atoms with Crippen LogP contribution in [0, 0.1) is 0 Å². The van der Waals surface area contributed by atoms with Crippen LogP contribution in [0.4, 0.5) is 0 Å². The Balaban J connectivity index is 1.66. The van der Waals surface area contributed by atoms with Crippen molar-refractivity contribution >= 4 is 11.9 Å². The van der Waals surface area contributed by atoms with Crippen LogP contribution in [0.15, 0.2) is 54.6 Å². The highest BCUT2D eigenvalue weighted by Crippen LogP contribution is 2.18. The standard InChI is InChI=1S/C20H21NO5/c1-24-17-9-7-15(8-10-17)11-21-18(13-25-14-19(21)22)20(23)26-12-16-5-3-2-4-6-16/h2-10,18H,11-14H2,1H3. The molecule has 1 aliphatic rings. The molecule has 0 spiro atoms. The van der Waals surface area contributed by atoms with E-state index < -0.39 is 12.0 Å². The monoisotopic (exact) mass is 355 g/mol. The van der Waals surface area contributed by atoms with E-state index in [0.29, 0.717) is 6.54 Å². The zero-order chi connectivity index (χ0) is 18.4.